The fourth-order valence-electron chi connectivity index (χ4n) is 2.10. The molecule has 0 amide bonds. The van der Waals surface area contributed by atoms with Crippen LogP contribution in [0.5, 0.6) is 11.6 Å². The van der Waals surface area contributed by atoms with Crippen molar-refractivity contribution in [3.63, 3.8) is 0 Å². The fraction of sp³-hybridized carbons (Fsp3) is 0.0625. The highest BCUT2D eigenvalue weighted by molar-refractivity contribution is 9.10. The second kappa shape index (κ2) is 5.79. The van der Waals surface area contributed by atoms with E-state index in [1.807, 2.05) is 30.3 Å². The van der Waals surface area contributed by atoms with Gasteiger partial charge in [0.2, 0.25) is 5.88 Å². The van der Waals surface area contributed by atoms with E-state index in [-0.39, 0.29) is 5.82 Å². The molecular formula is C16H12BrFN2O. The predicted molar refractivity (Wildman–Crippen MR) is 83.8 cm³/mol. The van der Waals surface area contributed by atoms with E-state index in [1.165, 1.54) is 12.1 Å². The lowest BCUT2D eigenvalue weighted by molar-refractivity contribution is 0.461. The molecule has 0 saturated heterocycles. The summed E-state index contributed by atoms with van der Waals surface area (Å²) in [6, 6.07) is 14.0. The lowest BCUT2D eigenvalue weighted by atomic mass is 10.1. The molecule has 0 bridgehead atoms. The summed E-state index contributed by atoms with van der Waals surface area (Å²) in [6.07, 6.45) is 0. The first-order chi connectivity index (χ1) is 10.2. The van der Waals surface area contributed by atoms with Crippen LogP contribution in [0.4, 0.5) is 4.39 Å². The smallest absolute Gasteiger partial charge is 0.227 e. The highest BCUT2D eigenvalue weighted by Gasteiger charge is 2.09. The molecule has 0 atom stereocenters. The first-order valence-electron chi connectivity index (χ1n) is 6.38. The van der Waals surface area contributed by atoms with E-state index >= 15 is 0 Å². The Morgan fingerprint density at radius 2 is 1.95 bits per heavy atom. The Kier molecular flexibility index (Phi) is 3.86. The molecule has 106 valence electrons. The number of nitrogens with zero attached hydrogens (tertiary/aromatic N) is 1. The van der Waals surface area contributed by atoms with Crippen LogP contribution in [0.2, 0.25) is 0 Å². The third-order valence-electron chi connectivity index (χ3n) is 3.02. The number of halogens is 2. The highest BCUT2D eigenvalue weighted by atomic mass is 79.9. The van der Waals surface area contributed by atoms with E-state index in [4.69, 9.17) is 10.5 Å². The van der Waals surface area contributed by atoms with E-state index in [9.17, 15) is 4.39 Å². The van der Waals surface area contributed by atoms with E-state index < -0.39 is 0 Å². The van der Waals surface area contributed by atoms with Crippen molar-refractivity contribution in [3.8, 4) is 11.6 Å². The third kappa shape index (κ3) is 3.04. The maximum atomic E-state index is 13.4. The SMILES string of the molecule is NCc1cc2ccccc2c(Oc2cc(F)cc(Br)c2)n1. The van der Waals surface area contributed by atoms with Crippen molar-refractivity contribution in [2.75, 3.05) is 0 Å². The number of ether oxygens (including phenoxy) is 1. The van der Waals surface area contributed by atoms with Gasteiger partial charge in [-0.2, -0.15) is 0 Å². The van der Waals surface area contributed by atoms with Crippen molar-refractivity contribution >= 4 is 26.7 Å². The third-order valence-corrected chi connectivity index (χ3v) is 3.48. The topological polar surface area (TPSA) is 48.1 Å². The van der Waals surface area contributed by atoms with Gasteiger partial charge in [0.05, 0.1) is 5.69 Å². The summed E-state index contributed by atoms with van der Waals surface area (Å²) < 4.78 is 19.8. The standard InChI is InChI=1S/C16H12BrFN2O/c17-11-6-12(18)8-14(7-11)21-16-15-4-2-1-3-10(15)5-13(9-19)20-16/h1-8H,9,19H2. The number of hydrogen-bond acceptors (Lipinski definition) is 3. The first kappa shape index (κ1) is 14.0. The van der Waals surface area contributed by atoms with Crippen LogP contribution >= 0.6 is 15.9 Å². The molecule has 5 heteroatoms. The van der Waals surface area contributed by atoms with Crippen LogP contribution in [0, 0.1) is 5.82 Å². The molecule has 0 aliphatic carbocycles. The van der Waals surface area contributed by atoms with Crippen molar-refractivity contribution in [3.05, 3.63) is 64.5 Å². The molecule has 2 aromatic carbocycles. The molecule has 0 unspecified atom stereocenters. The lowest BCUT2D eigenvalue weighted by Crippen LogP contribution is -2.01. The monoisotopic (exact) mass is 346 g/mol. The minimum absolute atomic E-state index is 0.314. The minimum atomic E-state index is -0.376. The molecule has 3 rings (SSSR count). The first-order valence-corrected chi connectivity index (χ1v) is 7.17. The van der Waals surface area contributed by atoms with Crippen LogP contribution in [-0.4, -0.2) is 4.98 Å². The largest absolute Gasteiger partial charge is 0.438 e. The number of hydrogen-bond donors (Lipinski definition) is 1. The average Bonchev–Trinajstić information content (AvgIpc) is 2.46. The number of benzene rings is 2. The van der Waals surface area contributed by atoms with E-state index in [1.54, 1.807) is 6.07 Å². The zero-order valence-electron chi connectivity index (χ0n) is 11.0. The van der Waals surface area contributed by atoms with Crippen LogP contribution < -0.4 is 10.5 Å². The molecule has 1 heterocycles. The summed E-state index contributed by atoms with van der Waals surface area (Å²) >= 11 is 3.24. The van der Waals surface area contributed by atoms with Crippen LogP contribution in [0.25, 0.3) is 10.8 Å². The summed E-state index contributed by atoms with van der Waals surface area (Å²) in [6.45, 7) is 0.314. The number of aromatic nitrogens is 1. The van der Waals surface area contributed by atoms with E-state index in [2.05, 4.69) is 20.9 Å². The van der Waals surface area contributed by atoms with Crippen LogP contribution in [0.3, 0.4) is 0 Å². The molecule has 0 saturated carbocycles. The second-order valence-electron chi connectivity index (χ2n) is 4.55. The Hall–Kier alpha value is -1.98. The summed E-state index contributed by atoms with van der Waals surface area (Å²) in [5.74, 6) is 0.429. The van der Waals surface area contributed by atoms with Crippen molar-refractivity contribution < 1.29 is 9.13 Å². The molecule has 0 fully saturated rings. The quantitative estimate of drug-likeness (QED) is 0.765. The maximum Gasteiger partial charge on any atom is 0.227 e. The summed E-state index contributed by atoms with van der Waals surface area (Å²) in [5.41, 5.74) is 6.39. The second-order valence-corrected chi connectivity index (χ2v) is 5.47. The Morgan fingerprint density at radius 3 is 2.71 bits per heavy atom. The van der Waals surface area contributed by atoms with Crippen LogP contribution in [-0.2, 0) is 6.54 Å². The van der Waals surface area contributed by atoms with Crippen molar-refractivity contribution in [1.82, 2.24) is 4.98 Å². The van der Waals surface area contributed by atoms with Gasteiger partial charge >= 0.3 is 0 Å². The van der Waals surface area contributed by atoms with Gasteiger partial charge in [-0.25, -0.2) is 9.37 Å². The lowest BCUT2D eigenvalue weighted by Gasteiger charge is -2.10. The van der Waals surface area contributed by atoms with E-state index in [0.717, 1.165) is 16.5 Å². The molecule has 2 N–H and O–H groups in total. The highest BCUT2D eigenvalue weighted by Crippen LogP contribution is 2.30. The van der Waals surface area contributed by atoms with Gasteiger partial charge in [0.25, 0.3) is 0 Å². The molecule has 0 spiro atoms. The van der Waals surface area contributed by atoms with Gasteiger partial charge in [-0.1, -0.05) is 34.1 Å². The average molecular weight is 347 g/mol. The molecule has 0 aliphatic heterocycles. The number of fused-ring (bicyclic) bond motifs is 1. The van der Waals surface area contributed by atoms with Gasteiger partial charge < -0.3 is 10.5 Å². The van der Waals surface area contributed by atoms with Crippen molar-refractivity contribution in [2.24, 2.45) is 5.73 Å². The van der Waals surface area contributed by atoms with E-state index in [0.29, 0.717) is 22.6 Å². The normalized spacial score (nSPS) is 10.8. The van der Waals surface area contributed by atoms with Crippen molar-refractivity contribution in [2.45, 2.75) is 6.54 Å². The van der Waals surface area contributed by atoms with Crippen LogP contribution in [0.1, 0.15) is 5.69 Å². The Labute approximate surface area is 129 Å². The Morgan fingerprint density at radius 1 is 1.14 bits per heavy atom. The molecule has 3 aromatic rings. The predicted octanol–water partition coefficient (Wildman–Crippen LogP) is 4.39. The molecule has 3 nitrogen and oxygen atoms in total. The van der Waals surface area contributed by atoms with Gasteiger partial charge in [0, 0.05) is 22.5 Å². The van der Waals surface area contributed by atoms with Gasteiger partial charge in [0.1, 0.15) is 11.6 Å². The molecular weight excluding hydrogens is 335 g/mol. The molecule has 0 aliphatic rings. The van der Waals surface area contributed by atoms with Crippen molar-refractivity contribution in [1.29, 1.82) is 0 Å². The Balaban J connectivity index is 2.10. The van der Waals surface area contributed by atoms with Gasteiger partial charge in [-0.3, -0.25) is 0 Å². The Bertz CT molecular complexity index is 787. The minimum Gasteiger partial charge on any atom is -0.438 e. The van der Waals surface area contributed by atoms with Gasteiger partial charge in [0.15, 0.2) is 0 Å². The van der Waals surface area contributed by atoms with Gasteiger partial charge in [-0.15, -0.1) is 0 Å². The van der Waals surface area contributed by atoms with Crippen LogP contribution in [0.15, 0.2) is 53.0 Å². The zero-order valence-corrected chi connectivity index (χ0v) is 12.6. The zero-order chi connectivity index (χ0) is 14.8. The molecule has 1 aromatic heterocycles. The summed E-state index contributed by atoms with van der Waals surface area (Å²) in [5, 5.41) is 1.84. The maximum absolute atomic E-state index is 13.4. The number of rotatable bonds is 3. The molecule has 21 heavy (non-hydrogen) atoms. The summed E-state index contributed by atoms with van der Waals surface area (Å²) in [7, 11) is 0. The molecule has 0 radical (unpaired) electrons. The summed E-state index contributed by atoms with van der Waals surface area (Å²) in [4.78, 5) is 4.39. The van der Waals surface area contributed by atoms with Gasteiger partial charge in [-0.05, 0) is 29.7 Å². The number of pyridine rings is 1. The number of nitrogens with two attached hydrogens (primary N) is 1. The fourth-order valence-corrected chi connectivity index (χ4v) is 2.55.